The van der Waals surface area contributed by atoms with Gasteiger partial charge < -0.3 is 58.4 Å². The molecule has 316 valence electrons. The zero-order valence-corrected chi connectivity index (χ0v) is 32.4. The zero-order valence-electron chi connectivity index (χ0n) is 32.4. The number of hydrogen-bond acceptors (Lipinski definition) is 16. The van der Waals surface area contributed by atoms with Gasteiger partial charge in [0, 0.05) is 18.7 Å². The van der Waals surface area contributed by atoms with Crippen LogP contribution in [0.3, 0.4) is 0 Å². The van der Waals surface area contributed by atoms with Gasteiger partial charge in [0.25, 0.3) is 11.8 Å². The second kappa shape index (κ2) is 27.4. The number of para-hydroxylation sites is 2. The molecule has 0 saturated carbocycles. The molecule has 4 amide bonds. The van der Waals surface area contributed by atoms with E-state index in [9.17, 15) is 19.2 Å². The van der Waals surface area contributed by atoms with E-state index in [1.54, 1.807) is 24.3 Å². The number of benzene rings is 2. The normalized spacial score (nSPS) is 15.3. The molecular weight excluding hydrogens is 748 g/mol. The summed E-state index contributed by atoms with van der Waals surface area (Å²) in [5.74, 6) is -1.52. The van der Waals surface area contributed by atoms with Crippen LogP contribution in [-0.4, -0.2) is 167 Å². The molecule has 1 saturated heterocycles. The Morgan fingerprint density at radius 3 is 1.54 bits per heavy atom. The quantitative estimate of drug-likeness (QED) is 0.0527. The number of carbonyl (C=O) groups excluding carboxylic acids is 4. The molecule has 0 radical (unpaired) electrons. The molecule has 2 aromatic carbocycles. The lowest BCUT2D eigenvalue weighted by atomic mass is 10.0. The summed E-state index contributed by atoms with van der Waals surface area (Å²) < 4.78 is 55.1. The van der Waals surface area contributed by atoms with Crippen LogP contribution in [0.25, 0.3) is 0 Å². The minimum Gasteiger partial charge on any atom is -0.489 e. The van der Waals surface area contributed by atoms with Crippen molar-refractivity contribution in [3.05, 3.63) is 53.6 Å². The molecule has 0 aromatic heterocycles. The molecule has 18 heteroatoms. The minimum atomic E-state index is -1.01. The lowest BCUT2D eigenvalue weighted by Crippen LogP contribution is -2.54. The van der Waals surface area contributed by atoms with Gasteiger partial charge in [-0.05, 0) is 30.7 Å². The van der Waals surface area contributed by atoms with Crippen LogP contribution >= 0.6 is 0 Å². The van der Waals surface area contributed by atoms with Crippen molar-refractivity contribution in [2.75, 3.05) is 143 Å². The van der Waals surface area contributed by atoms with E-state index in [-0.39, 0.29) is 24.0 Å². The Balaban J connectivity index is 0.836. The Kier molecular flexibility index (Phi) is 21.9. The maximum absolute atomic E-state index is 13.2. The van der Waals surface area contributed by atoms with Crippen molar-refractivity contribution in [1.82, 2.24) is 10.2 Å². The molecule has 1 atom stereocenters. The topological polar surface area (TPSA) is 214 Å². The average molecular weight is 805 g/mol. The third-order valence-electron chi connectivity index (χ3n) is 8.41. The third kappa shape index (κ3) is 16.6. The fourth-order valence-electron chi connectivity index (χ4n) is 5.60. The molecule has 2 heterocycles. The summed E-state index contributed by atoms with van der Waals surface area (Å²) in [6, 6.07) is 11.2. The zero-order chi connectivity index (χ0) is 40.3. The number of amides is 4. The van der Waals surface area contributed by atoms with Crippen LogP contribution in [0, 0.1) is 0 Å². The predicted molar refractivity (Wildman–Crippen MR) is 205 cm³/mol. The summed E-state index contributed by atoms with van der Waals surface area (Å²) >= 11 is 0. The first-order valence-electron chi connectivity index (χ1n) is 19.2. The number of carbonyl (C=O) groups is 4. The first kappa shape index (κ1) is 45.5. The summed E-state index contributed by atoms with van der Waals surface area (Å²) in [6.45, 7) is 8.81. The van der Waals surface area contributed by atoms with Crippen LogP contribution in [0.4, 0.5) is 11.4 Å². The summed E-state index contributed by atoms with van der Waals surface area (Å²) in [6.07, 6.45) is 0.167. The number of imide groups is 2. The van der Waals surface area contributed by atoms with E-state index in [2.05, 4.69) is 10.6 Å². The lowest BCUT2D eigenvalue weighted by Gasteiger charge is -2.27. The SMILES string of the molecule is Nc1ccccc1OCCOCCOCCOCCOCCOCCOCCOCCOCCOCCNc1cccc2c1C(=O)N(C1CCC(=O)NC1=O)C2=O. The Morgan fingerprint density at radius 1 is 0.579 bits per heavy atom. The molecular formula is C39H56N4O14. The van der Waals surface area contributed by atoms with Crippen LogP contribution < -0.4 is 21.1 Å². The Hall–Kier alpha value is -4.24. The van der Waals surface area contributed by atoms with Crippen LogP contribution in [-0.2, 0) is 52.2 Å². The third-order valence-corrected chi connectivity index (χ3v) is 8.41. The van der Waals surface area contributed by atoms with Crippen molar-refractivity contribution in [3.63, 3.8) is 0 Å². The molecule has 2 aliphatic rings. The molecule has 0 bridgehead atoms. The summed E-state index contributed by atoms with van der Waals surface area (Å²) in [4.78, 5) is 50.9. The highest BCUT2D eigenvalue weighted by Gasteiger charge is 2.45. The molecule has 18 nitrogen and oxygen atoms in total. The second-order valence-corrected chi connectivity index (χ2v) is 12.5. The molecule has 2 aliphatic heterocycles. The number of anilines is 2. The van der Waals surface area contributed by atoms with E-state index >= 15 is 0 Å². The van der Waals surface area contributed by atoms with Crippen molar-refractivity contribution >= 4 is 35.0 Å². The van der Waals surface area contributed by atoms with Gasteiger partial charge >= 0.3 is 0 Å². The number of nitrogens with zero attached hydrogens (tertiary/aromatic N) is 1. The molecule has 0 aliphatic carbocycles. The van der Waals surface area contributed by atoms with E-state index in [1.165, 1.54) is 0 Å². The van der Waals surface area contributed by atoms with Crippen LogP contribution in [0.5, 0.6) is 5.75 Å². The van der Waals surface area contributed by atoms with Gasteiger partial charge in [-0.1, -0.05) is 18.2 Å². The van der Waals surface area contributed by atoms with Gasteiger partial charge in [-0.2, -0.15) is 0 Å². The number of piperidine rings is 1. The van der Waals surface area contributed by atoms with Crippen LogP contribution in [0.15, 0.2) is 42.5 Å². The molecule has 0 spiro atoms. The largest absolute Gasteiger partial charge is 0.489 e. The molecule has 57 heavy (non-hydrogen) atoms. The van der Waals surface area contributed by atoms with Gasteiger partial charge in [0.2, 0.25) is 11.8 Å². The van der Waals surface area contributed by atoms with Gasteiger partial charge in [-0.15, -0.1) is 0 Å². The highest BCUT2D eigenvalue weighted by atomic mass is 16.6. The van der Waals surface area contributed by atoms with E-state index in [1.807, 2.05) is 18.2 Å². The Morgan fingerprint density at radius 2 is 1.05 bits per heavy atom. The monoisotopic (exact) mass is 804 g/mol. The van der Waals surface area contributed by atoms with Gasteiger partial charge in [0.15, 0.2) is 0 Å². The van der Waals surface area contributed by atoms with Crippen LogP contribution in [0.2, 0.25) is 0 Å². The van der Waals surface area contributed by atoms with Gasteiger partial charge in [0.05, 0.1) is 136 Å². The van der Waals surface area contributed by atoms with Crippen molar-refractivity contribution < 1.29 is 66.5 Å². The van der Waals surface area contributed by atoms with Crippen molar-refractivity contribution in [2.24, 2.45) is 0 Å². The van der Waals surface area contributed by atoms with E-state index in [0.717, 1.165) is 4.90 Å². The van der Waals surface area contributed by atoms with Crippen molar-refractivity contribution in [2.45, 2.75) is 18.9 Å². The van der Waals surface area contributed by atoms with Gasteiger partial charge in [-0.25, -0.2) is 0 Å². The summed E-state index contributed by atoms with van der Waals surface area (Å²) in [5, 5.41) is 5.33. The molecule has 4 N–H and O–H groups in total. The van der Waals surface area contributed by atoms with Crippen LogP contribution in [0.1, 0.15) is 33.6 Å². The number of fused-ring (bicyclic) bond motifs is 1. The Bertz CT molecular complexity index is 1520. The highest BCUT2D eigenvalue weighted by Crippen LogP contribution is 2.32. The van der Waals surface area contributed by atoms with Gasteiger partial charge in [-0.3, -0.25) is 29.4 Å². The maximum atomic E-state index is 13.2. The first-order valence-corrected chi connectivity index (χ1v) is 19.2. The number of hydrogen-bond donors (Lipinski definition) is 3. The van der Waals surface area contributed by atoms with Gasteiger partial charge in [0.1, 0.15) is 18.4 Å². The standard InChI is InChI=1S/C39H56N4O14/c40-31-5-1-2-7-34(31)57-29-28-56-27-26-55-25-24-54-23-22-53-21-20-52-19-18-51-17-16-50-15-14-49-13-12-48-11-10-41-32-6-3-4-30-36(32)39(47)43(38(30)46)33-8-9-35(44)42-37(33)45/h1-7,33,41H,8-29,40H2,(H,42,44,45). The predicted octanol–water partition coefficient (Wildman–Crippen LogP) is 1.31. The summed E-state index contributed by atoms with van der Waals surface area (Å²) in [7, 11) is 0. The molecule has 1 unspecified atom stereocenters. The minimum absolute atomic E-state index is 0.0643. The average Bonchev–Trinajstić information content (AvgIpc) is 3.46. The molecule has 1 fully saturated rings. The smallest absolute Gasteiger partial charge is 0.264 e. The van der Waals surface area contributed by atoms with Crippen molar-refractivity contribution in [3.8, 4) is 5.75 Å². The fourth-order valence-corrected chi connectivity index (χ4v) is 5.60. The number of nitrogens with two attached hydrogens (primary N) is 1. The lowest BCUT2D eigenvalue weighted by molar-refractivity contribution is -0.136. The number of nitrogens with one attached hydrogen (secondary N) is 2. The molecule has 4 rings (SSSR count). The molecule has 2 aromatic rings. The maximum Gasteiger partial charge on any atom is 0.264 e. The summed E-state index contributed by atoms with van der Waals surface area (Å²) in [5.41, 5.74) is 7.33. The number of nitrogen functional groups attached to an aromatic ring is 1. The van der Waals surface area contributed by atoms with E-state index in [4.69, 9.17) is 53.1 Å². The highest BCUT2D eigenvalue weighted by molar-refractivity contribution is 6.25. The first-order chi connectivity index (χ1) is 28.0. The van der Waals surface area contributed by atoms with Crippen molar-refractivity contribution in [1.29, 1.82) is 0 Å². The number of ether oxygens (including phenoxy) is 10. The van der Waals surface area contributed by atoms with E-state index in [0.29, 0.717) is 149 Å². The van der Waals surface area contributed by atoms with E-state index < -0.39 is 29.7 Å². The fraction of sp³-hybridized carbons (Fsp3) is 0.590. The number of rotatable bonds is 33. The second-order valence-electron chi connectivity index (χ2n) is 12.5. The Labute approximate surface area is 332 Å².